The van der Waals surface area contributed by atoms with Gasteiger partial charge in [0.1, 0.15) is 13.2 Å². The van der Waals surface area contributed by atoms with E-state index in [4.69, 9.17) is 21.1 Å². The number of nitrogens with zero attached hydrogens (tertiary/aromatic N) is 1. The summed E-state index contributed by atoms with van der Waals surface area (Å²) >= 11 is 5.89. The molecule has 13 heavy (non-hydrogen) atoms. The Labute approximate surface area is 81.6 Å². The fraction of sp³-hybridized carbons (Fsp3) is 0.444. The van der Waals surface area contributed by atoms with E-state index in [0.29, 0.717) is 24.8 Å². The zero-order valence-corrected chi connectivity index (χ0v) is 8.04. The molecule has 1 aliphatic heterocycles. The molecule has 70 valence electrons. The molecule has 0 saturated carbocycles. The van der Waals surface area contributed by atoms with E-state index < -0.39 is 0 Å². The average molecular weight is 200 g/mol. The minimum Gasteiger partial charge on any atom is -0.484 e. The first kappa shape index (κ1) is 8.63. The molecule has 1 atom stereocenters. The van der Waals surface area contributed by atoms with Crippen molar-refractivity contribution in [3.05, 3.63) is 17.8 Å². The van der Waals surface area contributed by atoms with Crippen LogP contribution in [0.2, 0.25) is 0 Å². The van der Waals surface area contributed by atoms with Crippen molar-refractivity contribution >= 4 is 11.6 Å². The molecular weight excluding hydrogens is 190 g/mol. The molecule has 0 amide bonds. The van der Waals surface area contributed by atoms with E-state index in [1.165, 1.54) is 0 Å². The molecule has 2 rings (SSSR count). The van der Waals surface area contributed by atoms with Crippen LogP contribution < -0.4 is 9.47 Å². The quantitative estimate of drug-likeness (QED) is 0.650. The summed E-state index contributed by atoms with van der Waals surface area (Å²) in [6.07, 6.45) is 0. The Morgan fingerprint density at radius 2 is 2.15 bits per heavy atom. The Balaban J connectivity index is 2.35. The highest BCUT2D eigenvalue weighted by molar-refractivity contribution is 6.20. The predicted octanol–water partition coefficient (Wildman–Crippen LogP) is 2.15. The number of alkyl halides is 1. The van der Waals surface area contributed by atoms with E-state index in [2.05, 4.69) is 4.98 Å². The summed E-state index contributed by atoms with van der Waals surface area (Å²) in [6.45, 7) is 3.02. The topological polar surface area (TPSA) is 31.4 Å². The maximum absolute atomic E-state index is 5.89. The van der Waals surface area contributed by atoms with E-state index in [0.717, 1.165) is 5.69 Å². The van der Waals surface area contributed by atoms with Crippen LogP contribution >= 0.6 is 11.6 Å². The maximum atomic E-state index is 5.89. The number of hydrogen-bond donors (Lipinski definition) is 0. The lowest BCUT2D eigenvalue weighted by Gasteiger charge is -2.17. The monoisotopic (exact) mass is 199 g/mol. The predicted molar refractivity (Wildman–Crippen MR) is 49.5 cm³/mol. The van der Waals surface area contributed by atoms with Crippen LogP contribution in [0.1, 0.15) is 18.0 Å². The fourth-order valence-electron chi connectivity index (χ4n) is 1.17. The van der Waals surface area contributed by atoms with Gasteiger partial charge in [-0.2, -0.15) is 0 Å². The van der Waals surface area contributed by atoms with Gasteiger partial charge in [-0.1, -0.05) is 0 Å². The Hall–Kier alpha value is -0.960. The van der Waals surface area contributed by atoms with Crippen molar-refractivity contribution in [1.29, 1.82) is 0 Å². The molecule has 3 nitrogen and oxygen atoms in total. The fourth-order valence-corrected chi connectivity index (χ4v) is 1.29. The van der Waals surface area contributed by atoms with Crippen molar-refractivity contribution in [2.75, 3.05) is 13.2 Å². The molecule has 0 bridgehead atoms. The van der Waals surface area contributed by atoms with Gasteiger partial charge in [-0.3, -0.25) is 0 Å². The third-order valence-corrected chi connectivity index (χ3v) is 2.06. The number of ether oxygens (including phenoxy) is 2. The number of halogens is 1. The molecule has 0 saturated heterocycles. The van der Waals surface area contributed by atoms with Crippen LogP contribution in [0.3, 0.4) is 0 Å². The molecule has 0 radical (unpaired) electrons. The number of pyridine rings is 1. The summed E-state index contributed by atoms with van der Waals surface area (Å²) in [4.78, 5) is 4.23. The van der Waals surface area contributed by atoms with Gasteiger partial charge in [0.25, 0.3) is 5.88 Å². The standard InChI is InChI=1S/C9H10ClNO2/c1-6(10)7-2-3-8-9(11-7)13-5-4-12-8/h2-3,6H,4-5H2,1H3. The zero-order valence-electron chi connectivity index (χ0n) is 7.29. The largest absolute Gasteiger partial charge is 0.484 e. The first-order valence-electron chi connectivity index (χ1n) is 4.18. The minimum absolute atomic E-state index is 0.101. The number of aromatic nitrogens is 1. The summed E-state index contributed by atoms with van der Waals surface area (Å²) in [5.74, 6) is 1.25. The Morgan fingerprint density at radius 3 is 2.92 bits per heavy atom. The van der Waals surface area contributed by atoms with E-state index in [9.17, 15) is 0 Å². The first-order valence-corrected chi connectivity index (χ1v) is 4.61. The van der Waals surface area contributed by atoms with Crippen LogP contribution in [0.4, 0.5) is 0 Å². The third-order valence-electron chi connectivity index (χ3n) is 1.83. The lowest BCUT2D eigenvalue weighted by atomic mass is 10.3. The highest BCUT2D eigenvalue weighted by Crippen LogP contribution is 2.30. The van der Waals surface area contributed by atoms with Crippen LogP contribution in [-0.4, -0.2) is 18.2 Å². The smallest absolute Gasteiger partial charge is 0.257 e. The van der Waals surface area contributed by atoms with Crippen LogP contribution in [0.15, 0.2) is 12.1 Å². The second kappa shape index (κ2) is 3.42. The molecule has 1 aromatic heterocycles. The van der Waals surface area contributed by atoms with Gasteiger partial charge < -0.3 is 9.47 Å². The Bertz CT molecular complexity index is 314. The Kier molecular flexibility index (Phi) is 2.27. The zero-order chi connectivity index (χ0) is 9.26. The van der Waals surface area contributed by atoms with Gasteiger partial charge in [-0.05, 0) is 19.1 Å². The normalized spacial score (nSPS) is 16.8. The van der Waals surface area contributed by atoms with Gasteiger partial charge in [0.05, 0.1) is 11.1 Å². The molecule has 0 N–H and O–H groups in total. The van der Waals surface area contributed by atoms with Crippen LogP contribution in [-0.2, 0) is 0 Å². The molecule has 0 aromatic carbocycles. The lowest BCUT2D eigenvalue weighted by molar-refractivity contribution is 0.164. The van der Waals surface area contributed by atoms with Crippen molar-refractivity contribution in [1.82, 2.24) is 4.98 Å². The van der Waals surface area contributed by atoms with E-state index in [-0.39, 0.29) is 5.38 Å². The van der Waals surface area contributed by atoms with Crippen molar-refractivity contribution in [3.8, 4) is 11.6 Å². The van der Waals surface area contributed by atoms with Gasteiger partial charge in [0, 0.05) is 0 Å². The summed E-state index contributed by atoms with van der Waals surface area (Å²) < 4.78 is 10.6. The van der Waals surface area contributed by atoms with Gasteiger partial charge in [0.15, 0.2) is 5.75 Å². The maximum Gasteiger partial charge on any atom is 0.257 e. The SMILES string of the molecule is CC(Cl)c1ccc2c(n1)OCCO2. The molecule has 1 aliphatic rings. The van der Waals surface area contributed by atoms with Crippen molar-refractivity contribution in [2.45, 2.75) is 12.3 Å². The number of hydrogen-bond acceptors (Lipinski definition) is 3. The molecule has 0 fully saturated rings. The van der Waals surface area contributed by atoms with Crippen LogP contribution in [0.5, 0.6) is 11.6 Å². The van der Waals surface area contributed by atoms with Gasteiger partial charge in [0.2, 0.25) is 0 Å². The average Bonchev–Trinajstić information content (AvgIpc) is 2.17. The number of fused-ring (bicyclic) bond motifs is 1. The highest BCUT2D eigenvalue weighted by atomic mass is 35.5. The van der Waals surface area contributed by atoms with Crippen LogP contribution in [0, 0.1) is 0 Å². The molecule has 2 heterocycles. The molecular formula is C9H10ClNO2. The first-order chi connectivity index (χ1) is 6.27. The van der Waals surface area contributed by atoms with Crippen LogP contribution in [0.25, 0.3) is 0 Å². The van der Waals surface area contributed by atoms with E-state index in [1.54, 1.807) is 0 Å². The van der Waals surface area contributed by atoms with Gasteiger partial charge >= 0.3 is 0 Å². The molecule has 0 spiro atoms. The third kappa shape index (κ3) is 1.70. The van der Waals surface area contributed by atoms with Crippen molar-refractivity contribution in [2.24, 2.45) is 0 Å². The highest BCUT2D eigenvalue weighted by Gasteiger charge is 2.14. The number of rotatable bonds is 1. The van der Waals surface area contributed by atoms with E-state index >= 15 is 0 Å². The Morgan fingerprint density at radius 1 is 1.38 bits per heavy atom. The summed E-state index contributed by atoms with van der Waals surface area (Å²) in [6, 6.07) is 3.70. The molecule has 4 heteroatoms. The van der Waals surface area contributed by atoms with E-state index in [1.807, 2.05) is 19.1 Å². The summed E-state index contributed by atoms with van der Waals surface area (Å²) in [5, 5.41) is -0.101. The van der Waals surface area contributed by atoms with Crippen molar-refractivity contribution in [3.63, 3.8) is 0 Å². The van der Waals surface area contributed by atoms with Crippen molar-refractivity contribution < 1.29 is 9.47 Å². The summed E-state index contributed by atoms with van der Waals surface area (Å²) in [5.41, 5.74) is 0.811. The second-order valence-corrected chi connectivity index (χ2v) is 3.51. The molecule has 0 aliphatic carbocycles. The second-order valence-electron chi connectivity index (χ2n) is 2.85. The minimum atomic E-state index is -0.101. The van der Waals surface area contributed by atoms with Gasteiger partial charge in [-0.15, -0.1) is 11.6 Å². The molecule has 1 aromatic rings. The summed E-state index contributed by atoms with van der Waals surface area (Å²) in [7, 11) is 0. The molecule has 1 unspecified atom stereocenters. The lowest BCUT2D eigenvalue weighted by Crippen LogP contribution is -2.16. The van der Waals surface area contributed by atoms with Gasteiger partial charge in [-0.25, -0.2) is 4.98 Å².